The number of aryl methyl sites for hydroxylation is 1. The minimum Gasteiger partial charge on any atom is -0.385 e. The second-order valence-corrected chi connectivity index (χ2v) is 9.17. The number of hydrogen-bond acceptors (Lipinski definition) is 7. The Kier molecular flexibility index (Phi) is 8.01. The molecule has 0 bridgehead atoms. The van der Waals surface area contributed by atoms with Crippen LogP contribution in [0.25, 0.3) is 11.5 Å². The number of methoxy groups -OCH3 is 1. The van der Waals surface area contributed by atoms with E-state index in [1.807, 2.05) is 41.1 Å². The van der Waals surface area contributed by atoms with Crippen molar-refractivity contribution >= 4 is 34.7 Å². The number of benzene rings is 1. The van der Waals surface area contributed by atoms with E-state index >= 15 is 0 Å². The van der Waals surface area contributed by atoms with Crippen LogP contribution in [0.15, 0.2) is 34.8 Å². The lowest BCUT2D eigenvalue weighted by atomic mass is 10.0. The second kappa shape index (κ2) is 10.7. The largest absolute Gasteiger partial charge is 0.385 e. The Morgan fingerprint density at radius 3 is 2.67 bits per heavy atom. The molecule has 2 heterocycles. The van der Waals surface area contributed by atoms with Crippen LogP contribution in [0.2, 0.25) is 0 Å². The van der Waals surface area contributed by atoms with Crippen LogP contribution in [0.1, 0.15) is 36.8 Å². The summed E-state index contributed by atoms with van der Waals surface area (Å²) in [5, 5.41) is 15.3. The van der Waals surface area contributed by atoms with Crippen molar-refractivity contribution in [3.8, 4) is 11.5 Å². The number of aromatic nitrogens is 4. The maximum absolute atomic E-state index is 12.4. The van der Waals surface area contributed by atoms with Gasteiger partial charge in [-0.25, -0.2) is 4.98 Å². The zero-order chi connectivity index (χ0) is 21.5. The van der Waals surface area contributed by atoms with Gasteiger partial charge in [0.15, 0.2) is 11.0 Å². The average molecular weight is 446 g/mol. The van der Waals surface area contributed by atoms with E-state index in [9.17, 15) is 4.79 Å². The fraction of sp³-hybridized carbons (Fsp3) is 0.429. The Morgan fingerprint density at radius 2 is 2.03 bits per heavy atom. The van der Waals surface area contributed by atoms with Gasteiger partial charge in [-0.3, -0.25) is 4.79 Å². The third-order valence-electron chi connectivity index (χ3n) is 4.49. The molecule has 3 aromatic rings. The Labute approximate surface area is 185 Å². The van der Waals surface area contributed by atoms with E-state index in [0.29, 0.717) is 24.2 Å². The molecule has 1 amide bonds. The van der Waals surface area contributed by atoms with Gasteiger partial charge in [0, 0.05) is 31.3 Å². The van der Waals surface area contributed by atoms with Gasteiger partial charge < -0.3 is 14.6 Å². The summed E-state index contributed by atoms with van der Waals surface area (Å²) in [4.78, 5) is 17.0. The van der Waals surface area contributed by atoms with Crippen molar-refractivity contribution in [1.29, 1.82) is 0 Å². The van der Waals surface area contributed by atoms with Gasteiger partial charge in [-0.1, -0.05) is 37.7 Å². The Bertz CT molecular complexity index is 966. The molecule has 0 spiro atoms. The van der Waals surface area contributed by atoms with Gasteiger partial charge >= 0.3 is 0 Å². The standard InChI is InChI=1S/C21H27N5O2S2/c1-14(2)16-6-8-17(9-7-16)23-19(27)13-30-21-25-24-20(18-12-29-15(3)22-18)26(21)10-5-11-28-4/h6-9,12,14H,5,10-11,13H2,1-4H3,(H,23,27). The number of amides is 1. The van der Waals surface area contributed by atoms with Crippen LogP contribution in [-0.4, -0.2) is 45.1 Å². The van der Waals surface area contributed by atoms with Gasteiger partial charge in [0.25, 0.3) is 0 Å². The monoisotopic (exact) mass is 445 g/mol. The predicted molar refractivity (Wildman–Crippen MR) is 122 cm³/mol. The first-order valence-electron chi connectivity index (χ1n) is 9.85. The van der Waals surface area contributed by atoms with E-state index in [4.69, 9.17) is 4.74 Å². The summed E-state index contributed by atoms with van der Waals surface area (Å²) in [7, 11) is 1.69. The Morgan fingerprint density at radius 1 is 1.27 bits per heavy atom. The SMILES string of the molecule is COCCCn1c(SCC(=O)Nc2ccc(C(C)C)cc2)nnc1-c1csc(C)n1. The van der Waals surface area contributed by atoms with Crippen LogP contribution in [0.5, 0.6) is 0 Å². The molecule has 0 atom stereocenters. The number of nitrogens with one attached hydrogen (secondary N) is 1. The number of rotatable bonds is 10. The van der Waals surface area contributed by atoms with Gasteiger partial charge in [0.1, 0.15) is 5.69 Å². The van der Waals surface area contributed by atoms with Crippen molar-refractivity contribution in [3.05, 3.63) is 40.2 Å². The fourth-order valence-corrected chi connectivity index (χ4v) is 4.25. The van der Waals surface area contributed by atoms with Crippen molar-refractivity contribution in [2.24, 2.45) is 0 Å². The maximum atomic E-state index is 12.4. The van der Waals surface area contributed by atoms with Gasteiger partial charge in [0.05, 0.1) is 10.8 Å². The number of carbonyl (C=O) groups is 1. The molecule has 9 heteroatoms. The Balaban J connectivity index is 1.66. The summed E-state index contributed by atoms with van der Waals surface area (Å²) in [5.41, 5.74) is 2.85. The summed E-state index contributed by atoms with van der Waals surface area (Å²) in [5.74, 6) is 1.37. The lowest BCUT2D eigenvalue weighted by Gasteiger charge is -2.10. The molecule has 3 rings (SSSR count). The molecule has 0 aliphatic heterocycles. The molecule has 160 valence electrons. The van der Waals surface area contributed by atoms with Gasteiger partial charge in [-0.2, -0.15) is 0 Å². The van der Waals surface area contributed by atoms with Gasteiger partial charge in [-0.15, -0.1) is 21.5 Å². The lowest BCUT2D eigenvalue weighted by molar-refractivity contribution is -0.113. The number of anilines is 1. The molecule has 2 aromatic heterocycles. The number of ether oxygens (including phenoxy) is 1. The number of hydrogen-bond donors (Lipinski definition) is 1. The quantitative estimate of drug-likeness (QED) is 0.363. The molecule has 0 aliphatic carbocycles. The zero-order valence-electron chi connectivity index (χ0n) is 17.7. The highest BCUT2D eigenvalue weighted by atomic mass is 32.2. The van der Waals surface area contributed by atoms with Gasteiger partial charge in [-0.05, 0) is 37.0 Å². The van der Waals surface area contributed by atoms with Crippen LogP contribution in [0, 0.1) is 6.92 Å². The highest BCUT2D eigenvalue weighted by Gasteiger charge is 2.17. The molecule has 0 saturated heterocycles. The topological polar surface area (TPSA) is 81.9 Å². The van der Waals surface area contributed by atoms with Crippen LogP contribution in [-0.2, 0) is 16.1 Å². The summed E-state index contributed by atoms with van der Waals surface area (Å²) >= 11 is 2.95. The maximum Gasteiger partial charge on any atom is 0.234 e. The van der Waals surface area contributed by atoms with Crippen molar-refractivity contribution in [1.82, 2.24) is 19.7 Å². The van der Waals surface area contributed by atoms with E-state index in [-0.39, 0.29) is 11.7 Å². The summed E-state index contributed by atoms with van der Waals surface area (Å²) in [6.07, 6.45) is 0.826. The van der Waals surface area contributed by atoms with Crippen molar-refractivity contribution < 1.29 is 9.53 Å². The van der Waals surface area contributed by atoms with Crippen LogP contribution in [0.4, 0.5) is 5.69 Å². The minimum atomic E-state index is -0.0743. The lowest BCUT2D eigenvalue weighted by Crippen LogP contribution is -2.15. The highest BCUT2D eigenvalue weighted by molar-refractivity contribution is 7.99. The first-order chi connectivity index (χ1) is 14.5. The van der Waals surface area contributed by atoms with Crippen molar-refractivity contribution in [2.75, 3.05) is 24.8 Å². The third-order valence-corrected chi connectivity index (χ3v) is 6.23. The first-order valence-corrected chi connectivity index (χ1v) is 11.7. The van der Waals surface area contributed by atoms with E-state index in [1.165, 1.54) is 17.3 Å². The molecule has 0 aliphatic rings. The summed E-state index contributed by atoms with van der Waals surface area (Å²) in [6, 6.07) is 7.96. The molecule has 0 saturated carbocycles. The first kappa shape index (κ1) is 22.5. The van der Waals surface area contributed by atoms with E-state index < -0.39 is 0 Å². The number of carbonyl (C=O) groups excluding carboxylic acids is 1. The van der Waals surface area contributed by atoms with E-state index in [1.54, 1.807) is 18.4 Å². The fourth-order valence-electron chi connectivity index (χ4n) is 2.90. The normalized spacial score (nSPS) is 11.2. The average Bonchev–Trinajstić information content (AvgIpc) is 3.33. The highest BCUT2D eigenvalue weighted by Crippen LogP contribution is 2.26. The zero-order valence-corrected chi connectivity index (χ0v) is 19.3. The van der Waals surface area contributed by atoms with Crippen molar-refractivity contribution in [3.63, 3.8) is 0 Å². The van der Waals surface area contributed by atoms with Crippen molar-refractivity contribution in [2.45, 2.75) is 44.8 Å². The molecule has 7 nitrogen and oxygen atoms in total. The Hall–Kier alpha value is -2.23. The summed E-state index contributed by atoms with van der Waals surface area (Å²) in [6.45, 7) is 7.61. The van der Waals surface area contributed by atoms with Gasteiger partial charge in [0.2, 0.25) is 5.91 Å². The molecule has 1 N–H and O–H groups in total. The number of thioether (sulfide) groups is 1. The van der Waals surface area contributed by atoms with E-state index in [2.05, 4.69) is 34.3 Å². The second-order valence-electron chi connectivity index (χ2n) is 7.17. The molecule has 0 radical (unpaired) electrons. The number of nitrogens with zero attached hydrogens (tertiary/aromatic N) is 4. The molecule has 30 heavy (non-hydrogen) atoms. The van der Waals surface area contributed by atoms with Crippen LogP contribution < -0.4 is 5.32 Å². The molecular formula is C21H27N5O2S2. The summed E-state index contributed by atoms with van der Waals surface area (Å²) < 4.78 is 7.20. The minimum absolute atomic E-state index is 0.0743. The van der Waals surface area contributed by atoms with E-state index in [0.717, 1.165) is 28.6 Å². The van der Waals surface area contributed by atoms with Crippen LogP contribution in [0.3, 0.4) is 0 Å². The molecule has 0 fully saturated rings. The van der Waals surface area contributed by atoms with Crippen LogP contribution >= 0.6 is 23.1 Å². The predicted octanol–water partition coefficient (Wildman–Crippen LogP) is 4.60. The number of thiazole rings is 1. The third kappa shape index (κ3) is 5.90. The molecule has 1 aromatic carbocycles. The molecular weight excluding hydrogens is 418 g/mol. The smallest absolute Gasteiger partial charge is 0.234 e. The molecule has 0 unspecified atom stereocenters.